The lowest BCUT2D eigenvalue weighted by Gasteiger charge is -2.43. The second-order valence-electron chi connectivity index (χ2n) is 9.59. The van der Waals surface area contributed by atoms with E-state index in [1.165, 1.54) is 45.6 Å². The predicted octanol–water partition coefficient (Wildman–Crippen LogP) is 7.94. The Labute approximate surface area is 187 Å². The molecule has 1 aromatic carbocycles. The molecule has 0 saturated carbocycles. The molecule has 4 heteroatoms. The molecule has 3 nitrogen and oxygen atoms in total. The van der Waals surface area contributed by atoms with Crippen molar-refractivity contribution in [3.05, 3.63) is 29.3 Å². The Morgan fingerprint density at radius 3 is 2.21 bits per heavy atom. The number of carbonyl (C=O) groups is 1. The summed E-state index contributed by atoms with van der Waals surface area (Å²) in [5, 5.41) is 0.543. The van der Waals surface area contributed by atoms with Crippen LogP contribution in [0.15, 0.2) is 18.2 Å². The highest BCUT2D eigenvalue weighted by atomic mass is 79.9. The van der Waals surface area contributed by atoms with Crippen molar-refractivity contribution in [2.75, 3.05) is 7.11 Å². The molecule has 0 bridgehead atoms. The van der Waals surface area contributed by atoms with Crippen molar-refractivity contribution in [2.24, 2.45) is 11.3 Å². The minimum atomic E-state index is -0.354. The lowest BCUT2D eigenvalue weighted by atomic mass is 9.69. The van der Waals surface area contributed by atoms with Crippen LogP contribution in [0.3, 0.4) is 0 Å². The molecule has 0 N–H and O–H groups in total. The Hall–Kier alpha value is -1.03. The summed E-state index contributed by atoms with van der Waals surface area (Å²) in [5.41, 5.74) is 1.18. The van der Waals surface area contributed by atoms with Crippen LogP contribution in [-0.2, 0) is 10.1 Å². The van der Waals surface area contributed by atoms with Crippen molar-refractivity contribution >= 4 is 21.9 Å². The third kappa shape index (κ3) is 7.96. The van der Waals surface area contributed by atoms with Gasteiger partial charge in [-0.1, -0.05) is 88.2 Å². The summed E-state index contributed by atoms with van der Waals surface area (Å²) < 4.78 is 11.5. The van der Waals surface area contributed by atoms with Crippen molar-refractivity contribution in [3.8, 4) is 5.75 Å². The van der Waals surface area contributed by atoms with Gasteiger partial charge in [0.15, 0.2) is 0 Å². The van der Waals surface area contributed by atoms with Gasteiger partial charge in [-0.2, -0.15) is 0 Å². The molecule has 0 radical (unpaired) electrons. The first-order valence-electron chi connectivity index (χ1n) is 11.0. The molecule has 0 fully saturated rings. The molecule has 0 aliphatic rings. The van der Waals surface area contributed by atoms with Crippen LogP contribution in [0, 0.1) is 11.3 Å². The predicted molar refractivity (Wildman–Crippen MR) is 126 cm³/mol. The Morgan fingerprint density at radius 1 is 1.03 bits per heavy atom. The SMILES string of the molecule is CCCCCCCCC(C(C)(C)C)C(C)(C)Oc1cccc(C(=O)OC)c1CBr. The van der Waals surface area contributed by atoms with Crippen LogP contribution in [0.25, 0.3) is 0 Å². The first-order chi connectivity index (χ1) is 13.6. The summed E-state index contributed by atoms with van der Waals surface area (Å²) in [5.74, 6) is 0.820. The van der Waals surface area contributed by atoms with Gasteiger partial charge in [0.25, 0.3) is 0 Å². The van der Waals surface area contributed by atoms with Gasteiger partial charge in [-0.15, -0.1) is 0 Å². The quantitative estimate of drug-likeness (QED) is 0.177. The number of ether oxygens (including phenoxy) is 2. The van der Waals surface area contributed by atoms with Crippen LogP contribution in [0.2, 0.25) is 0 Å². The van der Waals surface area contributed by atoms with Gasteiger partial charge in [0.2, 0.25) is 0 Å². The number of rotatable bonds is 12. The Kier molecular flexibility index (Phi) is 10.7. The Bertz CT molecular complexity index is 631. The van der Waals surface area contributed by atoms with Crippen molar-refractivity contribution in [3.63, 3.8) is 0 Å². The first kappa shape index (κ1) is 26.0. The van der Waals surface area contributed by atoms with Gasteiger partial charge in [0.05, 0.1) is 12.7 Å². The number of carbonyl (C=O) groups excluding carboxylic acids is 1. The van der Waals surface area contributed by atoms with Crippen LogP contribution in [0.5, 0.6) is 5.75 Å². The van der Waals surface area contributed by atoms with E-state index >= 15 is 0 Å². The van der Waals surface area contributed by atoms with Crippen LogP contribution in [-0.4, -0.2) is 18.7 Å². The highest BCUT2D eigenvalue weighted by Crippen LogP contribution is 2.42. The van der Waals surface area contributed by atoms with Gasteiger partial charge >= 0.3 is 5.97 Å². The minimum Gasteiger partial charge on any atom is -0.487 e. The van der Waals surface area contributed by atoms with E-state index < -0.39 is 0 Å². The van der Waals surface area contributed by atoms with Gasteiger partial charge in [0, 0.05) is 16.8 Å². The maximum atomic E-state index is 12.2. The third-order valence-electron chi connectivity index (χ3n) is 5.78. The molecular weight excluding hydrogens is 428 g/mol. The molecule has 0 aliphatic heterocycles. The largest absolute Gasteiger partial charge is 0.487 e. The van der Waals surface area contributed by atoms with E-state index in [1.807, 2.05) is 12.1 Å². The van der Waals surface area contributed by atoms with Crippen LogP contribution >= 0.6 is 15.9 Å². The highest BCUT2D eigenvalue weighted by Gasteiger charge is 2.39. The molecule has 1 aromatic rings. The highest BCUT2D eigenvalue weighted by molar-refractivity contribution is 9.08. The number of methoxy groups -OCH3 is 1. The lowest BCUT2D eigenvalue weighted by Crippen LogP contribution is -2.44. The average Bonchev–Trinajstić information content (AvgIpc) is 2.64. The summed E-state index contributed by atoms with van der Waals surface area (Å²) in [6, 6.07) is 5.61. The van der Waals surface area contributed by atoms with Gasteiger partial charge in [0.1, 0.15) is 11.4 Å². The van der Waals surface area contributed by atoms with Gasteiger partial charge in [-0.3, -0.25) is 0 Å². The molecule has 1 atom stereocenters. The average molecular weight is 470 g/mol. The molecule has 0 aromatic heterocycles. The van der Waals surface area contributed by atoms with E-state index in [9.17, 15) is 4.79 Å². The zero-order valence-corrected chi connectivity index (χ0v) is 21.2. The number of benzene rings is 1. The van der Waals surface area contributed by atoms with Crippen molar-refractivity contribution < 1.29 is 14.3 Å². The summed E-state index contributed by atoms with van der Waals surface area (Å²) >= 11 is 3.52. The van der Waals surface area contributed by atoms with Crippen molar-refractivity contribution in [1.82, 2.24) is 0 Å². The normalized spacial score (nSPS) is 13.2. The summed E-state index contributed by atoms with van der Waals surface area (Å²) in [4.78, 5) is 12.2. The fourth-order valence-electron chi connectivity index (χ4n) is 4.41. The Balaban J connectivity index is 2.99. The van der Waals surface area contributed by atoms with Crippen LogP contribution in [0.4, 0.5) is 0 Å². The molecule has 1 rings (SSSR count). The molecular formula is C25H41BrO3. The van der Waals surface area contributed by atoms with E-state index in [2.05, 4.69) is 57.5 Å². The Morgan fingerprint density at radius 2 is 1.66 bits per heavy atom. The number of unbranched alkanes of at least 4 members (excludes halogenated alkanes) is 5. The second kappa shape index (κ2) is 12.0. The molecule has 0 spiro atoms. The lowest BCUT2D eigenvalue weighted by molar-refractivity contribution is -0.0173. The fraction of sp³-hybridized carbons (Fsp3) is 0.720. The van der Waals surface area contributed by atoms with Crippen LogP contribution < -0.4 is 4.74 Å². The van der Waals surface area contributed by atoms with E-state index in [0.29, 0.717) is 16.8 Å². The topological polar surface area (TPSA) is 35.5 Å². The number of hydrogen-bond acceptors (Lipinski definition) is 3. The molecule has 0 saturated heterocycles. The minimum absolute atomic E-state index is 0.126. The van der Waals surface area contributed by atoms with Gasteiger partial charge in [-0.05, 0) is 37.8 Å². The maximum Gasteiger partial charge on any atom is 0.338 e. The molecule has 166 valence electrons. The second-order valence-corrected chi connectivity index (χ2v) is 10.1. The van der Waals surface area contributed by atoms with Crippen molar-refractivity contribution in [1.29, 1.82) is 0 Å². The van der Waals surface area contributed by atoms with Crippen LogP contribution in [0.1, 0.15) is 102 Å². The number of halogens is 1. The fourth-order valence-corrected chi connectivity index (χ4v) is 4.99. The number of alkyl halides is 1. The zero-order chi connectivity index (χ0) is 22.1. The number of hydrogen-bond donors (Lipinski definition) is 0. The van der Waals surface area contributed by atoms with Crippen molar-refractivity contribution in [2.45, 2.75) is 97.4 Å². The monoisotopic (exact) mass is 468 g/mol. The molecule has 1 unspecified atom stereocenters. The zero-order valence-electron chi connectivity index (χ0n) is 19.6. The summed E-state index contributed by atoms with van der Waals surface area (Å²) in [7, 11) is 1.41. The summed E-state index contributed by atoms with van der Waals surface area (Å²) in [6.07, 6.45) is 8.93. The van der Waals surface area contributed by atoms with Gasteiger partial charge in [-0.25, -0.2) is 4.79 Å². The van der Waals surface area contributed by atoms with E-state index in [4.69, 9.17) is 9.47 Å². The number of esters is 1. The van der Waals surface area contributed by atoms with E-state index in [0.717, 1.165) is 17.7 Å². The molecule has 0 aliphatic carbocycles. The third-order valence-corrected chi connectivity index (χ3v) is 6.34. The molecule has 0 amide bonds. The smallest absolute Gasteiger partial charge is 0.338 e. The standard InChI is InChI=1S/C25H41BrO3/c1-8-9-10-11-12-13-17-22(24(2,3)4)25(5,6)29-21-16-14-15-19(20(21)18-26)23(27)28-7/h14-16,22H,8-13,17-18H2,1-7H3. The maximum absolute atomic E-state index is 12.2. The first-order valence-corrected chi connectivity index (χ1v) is 12.2. The van der Waals surface area contributed by atoms with E-state index in [1.54, 1.807) is 6.07 Å². The summed E-state index contributed by atoms with van der Waals surface area (Å²) in [6.45, 7) is 13.5. The van der Waals surface area contributed by atoms with E-state index in [-0.39, 0.29) is 17.0 Å². The van der Waals surface area contributed by atoms with Gasteiger partial charge < -0.3 is 9.47 Å². The molecule has 29 heavy (non-hydrogen) atoms. The molecule has 0 heterocycles.